The first-order chi connectivity index (χ1) is 12.2. The highest BCUT2D eigenvalue weighted by Gasteiger charge is 2.25. The third kappa shape index (κ3) is 4.36. The number of halogens is 1. The molecule has 134 valence electrons. The van der Waals surface area contributed by atoms with Gasteiger partial charge in [0.05, 0.1) is 12.4 Å². The van der Waals surface area contributed by atoms with Crippen LogP contribution in [0.1, 0.15) is 36.1 Å². The van der Waals surface area contributed by atoms with Crippen LogP contribution in [0, 0.1) is 5.82 Å². The van der Waals surface area contributed by atoms with Gasteiger partial charge in [0.15, 0.2) is 0 Å². The van der Waals surface area contributed by atoms with Crippen molar-refractivity contribution in [3.05, 3.63) is 53.9 Å². The number of likely N-dealkylation sites (tertiary alicyclic amines) is 1. The van der Waals surface area contributed by atoms with E-state index in [0.29, 0.717) is 25.6 Å². The number of nitrogens with zero attached hydrogens (tertiary/aromatic N) is 2. The molecule has 0 saturated carbocycles. The Balaban J connectivity index is 1.48. The molecular weight excluding hydrogens is 323 g/mol. The van der Waals surface area contributed by atoms with Gasteiger partial charge in [0.2, 0.25) is 0 Å². The van der Waals surface area contributed by atoms with E-state index in [0.717, 1.165) is 24.1 Å². The largest absolute Gasteiger partial charge is 0.375 e. The maximum absolute atomic E-state index is 13.0. The molecule has 1 aromatic heterocycles. The van der Waals surface area contributed by atoms with Crippen LogP contribution in [0.5, 0.6) is 0 Å². The molecular formula is C18H23FN4O2. The number of hydrogen-bond donors (Lipinski definition) is 2. The number of amides is 2. The predicted octanol–water partition coefficient (Wildman–Crippen LogP) is 2.83. The zero-order valence-electron chi connectivity index (χ0n) is 14.2. The van der Waals surface area contributed by atoms with Crippen LogP contribution >= 0.6 is 0 Å². The summed E-state index contributed by atoms with van der Waals surface area (Å²) < 4.78 is 18.4. The Morgan fingerprint density at radius 1 is 1.40 bits per heavy atom. The second-order valence-electron chi connectivity index (χ2n) is 6.23. The molecule has 6 nitrogen and oxygen atoms in total. The second kappa shape index (κ2) is 8.11. The number of H-pyrrole nitrogens is 1. The summed E-state index contributed by atoms with van der Waals surface area (Å²) in [6, 6.07) is 6.04. The van der Waals surface area contributed by atoms with Crippen molar-refractivity contribution >= 4 is 6.03 Å². The SMILES string of the molecule is CO[C@@H](CNC(=O)N1CCC(c2cnc[nH]2)CC1)c1ccc(F)cc1. The number of hydrogen-bond acceptors (Lipinski definition) is 3. The third-order valence-corrected chi connectivity index (χ3v) is 4.71. The minimum Gasteiger partial charge on any atom is -0.375 e. The molecule has 2 amide bonds. The minimum absolute atomic E-state index is 0.0905. The highest BCUT2D eigenvalue weighted by Crippen LogP contribution is 2.26. The number of rotatable bonds is 5. The van der Waals surface area contributed by atoms with Crippen LogP contribution in [-0.4, -0.2) is 47.6 Å². The lowest BCUT2D eigenvalue weighted by Crippen LogP contribution is -2.45. The molecule has 25 heavy (non-hydrogen) atoms. The predicted molar refractivity (Wildman–Crippen MR) is 91.7 cm³/mol. The summed E-state index contributed by atoms with van der Waals surface area (Å²) in [6.07, 6.45) is 5.08. The van der Waals surface area contributed by atoms with Gasteiger partial charge in [-0.15, -0.1) is 0 Å². The number of ether oxygens (including phenoxy) is 1. The monoisotopic (exact) mass is 346 g/mol. The molecule has 0 spiro atoms. The van der Waals surface area contributed by atoms with Gasteiger partial charge in [-0.3, -0.25) is 0 Å². The fourth-order valence-corrected chi connectivity index (χ4v) is 3.19. The van der Waals surface area contributed by atoms with E-state index in [1.807, 2.05) is 11.1 Å². The molecule has 2 heterocycles. The molecule has 2 N–H and O–H groups in total. The number of benzene rings is 1. The standard InChI is InChI=1S/C18H23FN4O2/c1-25-17(14-2-4-15(19)5-3-14)11-21-18(24)23-8-6-13(7-9-23)16-10-20-12-22-16/h2-5,10,12-13,17H,6-9,11H2,1H3,(H,20,22)(H,21,24)/t17-/m0/s1. The zero-order chi connectivity index (χ0) is 17.6. The lowest BCUT2D eigenvalue weighted by atomic mass is 9.94. The highest BCUT2D eigenvalue weighted by molar-refractivity contribution is 5.74. The van der Waals surface area contributed by atoms with Crippen LogP contribution < -0.4 is 5.32 Å². The summed E-state index contributed by atoms with van der Waals surface area (Å²) in [7, 11) is 1.58. The lowest BCUT2D eigenvalue weighted by Gasteiger charge is -2.32. The van der Waals surface area contributed by atoms with Crippen molar-refractivity contribution < 1.29 is 13.9 Å². The summed E-state index contributed by atoms with van der Waals surface area (Å²) in [5.41, 5.74) is 1.97. The van der Waals surface area contributed by atoms with Gasteiger partial charge in [-0.1, -0.05) is 12.1 Å². The second-order valence-corrected chi connectivity index (χ2v) is 6.23. The van der Waals surface area contributed by atoms with Crippen molar-refractivity contribution in [1.82, 2.24) is 20.2 Å². The van der Waals surface area contributed by atoms with E-state index in [-0.39, 0.29) is 18.0 Å². The molecule has 0 bridgehead atoms. The molecule has 1 aromatic carbocycles. The Morgan fingerprint density at radius 2 is 2.12 bits per heavy atom. The molecule has 3 rings (SSSR count). The third-order valence-electron chi connectivity index (χ3n) is 4.71. The summed E-state index contributed by atoms with van der Waals surface area (Å²) in [5.74, 6) is 0.139. The van der Waals surface area contributed by atoms with Gasteiger partial charge in [0.25, 0.3) is 0 Å². The molecule has 7 heteroatoms. The lowest BCUT2D eigenvalue weighted by molar-refractivity contribution is 0.100. The summed E-state index contributed by atoms with van der Waals surface area (Å²) in [6.45, 7) is 1.77. The Kier molecular flexibility index (Phi) is 5.65. The van der Waals surface area contributed by atoms with Crippen LogP contribution in [0.15, 0.2) is 36.8 Å². The number of carbonyl (C=O) groups is 1. The van der Waals surface area contributed by atoms with E-state index in [1.54, 1.807) is 25.6 Å². The van der Waals surface area contributed by atoms with Gasteiger partial charge in [-0.2, -0.15) is 0 Å². The smallest absolute Gasteiger partial charge is 0.317 e. The first-order valence-corrected chi connectivity index (χ1v) is 8.46. The average Bonchev–Trinajstić information content (AvgIpc) is 3.18. The van der Waals surface area contributed by atoms with Gasteiger partial charge >= 0.3 is 6.03 Å². The van der Waals surface area contributed by atoms with Crippen LogP contribution in [0.25, 0.3) is 0 Å². The normalized spacial score (nSPS) is 16.6. The van der Waals surface area contributed by atoms with Crippen molar-refractivity contribution in [3.63, 3.8) is 0 Å². The first-order valence-electron chi connectivity index (χ1n) is 8.46. The topological polar surface area (TPSA) is 70.2 Å². The first kappa shape index (κ1) is 17.4. The molecule has 0 radical (unpaired) electrons. The van der Waals surface area contributed by atoms with E-state index < -0.39 is 0 Å². The summed E-state index contributed by atoms with van der Waals surface area (Å²) >= 11 is 0. The average molecular weight is 346 g/mol. The fraction of sp³-hybridized carbons (Fsp3) is 0.444. The Labute approximate surface area is 146 Å². The zero-order valence-corrected chi connectivity index (χ0v) is 14.2. The molecule has 1 aliphatic heterocycles. The van der Waals surface area contributed by atoms with Gasteiger partial charge < -0.3 is 19.9 Å². The van der Waals surface area contributed by atoms with E-state index >= 15 is 0 Å². The highest BCUT2D eigenvalue weighted by atomic mass is 19.1. The van der Waals surface area contributed by atoms with Crippen molar-refractivity contribution in [2.45, 2.75) is 24.9 Å². The maximum Gasteiger partial charge on any atom is 0.317 e. The number of aromatic amines is 1. The van der Waals surface area contributed by atoms with Crippen molar-refractivity contribution in [3.8, 4) is 0 Å². The van der Waals surface area contributed by atoms with Crippen molar-refractivity contribution in [2.24, 2.45) is 0 Å². The van der Waals surface area contributed by atoms with Gasteiger partial charge in [-0.05, 0) is 30.5 Å². The van der Waals surface area contributed by atoms with Crippen molar-refractivity contribution in [1.29, 1.82) is 0 Å². The van der Waals surface area contributed by atoms with Gasteiger partial charge in [0.1, 0.15) is 5.82 Å². The number of aromatic nitrogens is 2. The summed E-state index contributed by atoms with van der Waals surface area (Å²) in [5, 5.41) is 2.91. The Morgan fingerprint density at radius 3 is 2.72 bits per heavy atom. The molecule has 1 aliphatic rings. The van der Waals surface area contributed by atoms with E-state index in [1.165, 1.54) is 12.1 Å². The minimum atomic E-state index is -0.299. The van der Waals surface area contributed by atoms with Crippen LogP contribution in [-0.2, 0) is 4.74 Å². The van der Waals surface area contributed by atoms with E-state index in [2.05, 4.69) is 15.3 Å². The quantitative estimate of drug-likeness (QED) is 0.875. The number of piperidine rings is 1. The molecule has 0 unspecified atom stereocenters. The molecule has 1 saturated heterocycles. The van der Waals surface area contributed by atoms with Gasteiger partial charge in [0, 0.05) is 44.6 Å². The molecule has 1 atom stereocenters. The molecule has 1 fully saturated rings. The Bertz CT molecular complexity index is 667. The Hall–Kier alpha value is -2.41. The van der Waals surface area contributed by atoms with Crippen LogP contribution in [0.4, 0.5) is 9.18 Å². The number of urea groups is 1. The maximum atomic E-state index is 13.0. The number of nitrogens with one attached hydrogen (secondary N) is 2. The van der Waals surface area contributed by atoms with E-state index in [4.69, 9.17) is 4.74 Å². The van der Waals surface area contributed by atoms with Crippen molar-refractivity contribution in [2.75, 3.05) is 26.7 Å². The van der Waals surface area contributed by atoms with Crippen LogP contribution in [0.3, 0.4) is 0 Å². The number of carbonyl (C=O) groups excluding carboxylic acids is 1. The van der Waals surface area contributed by atoms with Gasteiger partial charge in [-0.25, -0.2) is 14.2 Å². The number of imidazole rings is 1. The van der Waals surface area contributed by atoms with Crippen LogP contribution in [0.2, 0.25) is 0 Å². The molecule has 2 aromatic rings. The van der Waals surface area contributed by atoms with E-state index in [9.17, 15) is 9.18 Å². The number of methoxy groups -OCH3 is 1. The molecule has 0 aliphatic carbocycles. The summed E-state index contributed by atoms with van der Waals surface area (Å²) in [4.78, 5) is 21.4. The fourth-order valence-electron chi connectivity index (χ4n) is 3.19.